The van der Waals surface area contributed by atoms with Crippen LogP contribution in [0.2, 0.25) is 0 Å². The number of rotatable bonds is 7. The van der Waals surface area contributed by atoms with Crippen molar-refractivity contribution in [1.29, 1.82) is 0 Å². The Bertz CT molecular complexity index is 1790. The molecule has 1 fully saturated rings. The van der Waals surface area contributed by atoms with Gasteiger partial charge < -0.3 is 10.2 Å². The normalized spacial score (nSPS) is 14.1. The highest BCUT2D eigenvalue weighted by atomic mass is 32.2. The highest BCUT2D eigenvalue weighted by molar-refractivity contribution is 7.91. The monoisotopic (exact) mass is 646 g/mol. The average molecular weight is 647 g/mol. The molecule has 0 unspecified atom stereocenters. The summed E-state index contributed by atoms with van der Waals surface area (Å²) in [5, 5.41) is 6.36. The topological polar surface area (TPSA) is 65.5 Å². The van der Waals surface area contributed by atoms with Gasteiger partial charge in [0.05, 0.1) is 21.5 Å². The zero-order valence-electron chi connectivity index (χ0n) is 23.4. The van der Waals surface area contributed by atoms with Gasteiger partial charge in [-0.2, -0.15) is 0 Å². The van der Waals surface area contributed by atoms with Crippen LogP contribution in [0.15, 0.2) is 118 Å². The summed E-state index contributed by atoms with van der Waals surface area (Å²) in [6.07, 6.45) is 0. The maximum Gasteiger partial charge on any atom is 0.206 e. The number of aromatic nitrogens is 1. The molecule has 0 saturated carbocycles. The number of benzene rings is 4. The summed E-state index contributed by atoms with van der Waals surface area (Å²) in [7, 11) is -3.59. The summed E-state index contributed by atoms with van der Waals surface area (Å²) < 4.78 is 53.2. The predicted octanol–water partition coefficient (Wildman–Crippen LogP) is 7.03. The number of sulfone groups is 1. The molecule has 0 spiro atoms. The number of halogens is 2. The van der Waals surface area contributed by atoms with E-state index in [-0.39, 0.29) is 27.5 Å². The first-order valence-electron chi connectivity index (χ1n) is 13.9. The summed E-state index contributed by atoms with van der Waals surface area (Å²) in [5.41, 5.74) is 3.39. The van der Waals surface area contributed by atoms with E-state index in [1.807, 2.05) is 5.38 Å². The van der Waals surface area contributed by atoms with E-state index in [1.54, 1.807) is 78.9 Å². The van der Waals surface area contributed by atoms with Gasteiger partial charge in [0.1, 0.15) is 11.6 Å². The van der Waals surface area contributed by atoms with Crippen molar-refractivity contribution < 1.29 is 17.2 Å². The van der Waals surface area contributed by atoms with E-state index < -0.39 is 9.84 Å². The molecule has 0 radical (unpaired) electrons. The molecule has 1 N–H and O–H groups in total. The number of nitrogens with zero attached hydrogens (tertiary/aromatic N) is 3. The third-order valence-electron chi connectivity index (χ3n) is 7.57. The van der Waals surface area contributed by atoms with E-state index in [9.17, 15) is 17.2 Å². The van der Waals surface area contributed by atoms with Gasteiger partial charge in [0.25, 0.3) is 0 Å². The molecule has 1 aliphatic rings. The van der Waals surface area contributed by atoms with Crippen molar-refractivity contribution in [3.8, 4) is 11.3 Å². The van der Waals surface area contributed by atoms with Gasteiger partial charge in [-0.25, -0.2) is 22.2 Å². The van der Waals surface area contributed by atoms with Gasteiger partial charge in [-0.15, -0.1) is 11.3 Å². The fraction of sp³-hybridized carbons (Fsp3) is 0.152. The Kier molecular flexibility index (Phi) is 8.81. The fourth-order valence-corrected chi connectivity index (χ4v) is 7.61. The maximum atomic E-state index is 13.7. The van der Waals surface area contributed by atoms with E-state index in [1.165, 1.54) is 35.6 Å². The van der Waals surface area contributed by atoms with Crippen molar-refractivity contribution in [3.63, 3.8) is 0 Å². The van der Waals surface area contributed by atoms with Crippen molar-refractivity contribution in [2.75, 3.05) is 31.5 Å². The molecule has 0 aliphatic carbocycles. The number of hydrogen-bond acceptors (Lipinski definition) is 6. The van der Waals surface area contributed by atoms with Gasteiger partial charge in [-0.3, -0.25) is 4.90 Å². The minimum Gasteiger partial charge on any atom is -0.346 e. The van der Waals surface area contributed by atoms with Crippen molar-refractivity contribution >= 4 is 43.6 Å². The molecule has 0 amide bonds. The molecule has 6 nitrogen and oxygen atoms in total. The number of thiocarbonyl (C=S) groups is 1. The van der Waals surface area contributed by atoms with Crippen LogP contribution >= 0.6 is 23.6 Å². The summed E-state index contributed by atoms with van der Waals surface area (Å²) in [6.45, 7) is 2.73. The Labute approximate surface area is 264 Å². The molecule has 0 bridgehead atoms. The summed E-state index contributed by atoms with van der Waals surface area (Å²) in [4.78, 5) is 9.53. The molecule has 1 aromatic heterocycles. The van der Waals surface area contributed by atoms with Crippen LogP contribution in [0.4, 0.5) is 13.9 Å². The largest absolute Gasteiger partial charge is 0.346 e. The van der Waals surface area contributed by atoms with E-state index in [0.717, 1.165) is 22.4 Å². The third-order valence-corrected chi connectivity index (χ3v) is 10.5. The van der Waals surface area contributed by atoms with Crippen LogP contribution in [0.1, 0.15) is 17.2 Å². The highest BCUT2D eigenvalue weighted by Crippen LogP contribution is 2.31. The molecule has 2 heterocycles. The van der Waals surface area contributed by atoms with Crippen molar-refractivity contribution in [1.82, 2.24) is 14.8 Å². The lowest BCUT2D eigenvalue weighted by Crippen LogP contribution is -2.51. The third kappa shape index (κ3) is 6.56. The first-order chi connectivity index (χ1) is 21.3. The minimum absolute atomic E-state index is 0.143. The van der Waals surface area contributed by atoms with E-state index in [4.69, 9.17) is 12.2 Å². The van der Waals surface area contributed by atoms with Crippen LogP contribution in [-0.4, -0.2) is 54.5 Å². The highest BCUT2D eigenvalue weighted by Gasteiger charge is 2.28. The molecule has 224 valence electrons. The van der Waals surface area contributed by atoms with Crippen LogP contribution in [0, 0.1) is 11.6 Å². The zero-order chi connectivity index (χ0) is 30.7. The standard InChI is InChI=1S/C33H28F2N4O2S3/c34-26-12-6-24(7-13-26)31(25-8-14-27(35)15-9-25)38-18-20-39(21-19-38)33(42)37-32-36-30(22-43-32)23-10-16-29(17-11-23)44(40,41)28-4-2-1-3-5-28/h1-17,22,31H,18-21H2,(H,36,37,42). The first-order valence-corrected chi connectivity index (χ1v) is 16.7. The van der Waals surface area contributed by atoms with E-state index in [2.05, 4.69) is 20.1 Å². The van der Waals surface area contributed by atoms with Crippen LogP contribution in [-0.2, 0) is 9.84 Å². The number of nitrogens with one attached hydrogen (secondary N) is 1. The number of hydrogen-bond donors (Lipinski definition) is 1. The van der Waals surface area contributed by atoms with Crippen molar-refractivity contribution in [2.45, 2.75) is 15.8 Å². The van der Waals surface area contributed by atoms with Crippen molar-refractivity contribution in [3.05, 3.63) is 131 Å². The van der Waals surface area contributed by atoms with Gasteiger partial charge in [0, 0.05) is 37.1 Å². The molecular formula is C33H28F2N4O2S3. The zero-order valence-corrected chi connectivity index (χ0v) is 25.9. The second-order valence-corrected chi connectivity index (χ2v) is 13.5. The second kappa shape index (κ2) is 12.9. The molecule has 44 heavy (non-hydrogen) atoms. The Morgan fingerprint density at radius 3 is 1.89 bits per heavy atom. The Morgan fingerprint density at radius 1 is 0.773 bits per heavy atom. The average Bonchev–Trinajstić information content (AvgIpc) is 3.52. The molecule has 6 rings (SSSR count). The Balaban J connectivity index is 1.09. The first kappa shape index (κ1) is 30.0. The van der Waals surface area contributed by atoms with E-state index in [0.29, 0.717) is 36.4 Å². The smallest absolute Gasteiger partial charge is 0.206 e. The molecule has 11 heteroatoms. The minimum atomic E-state index is -3.59. The lowest BCUT2D eigenvalue weighted by Gasteiger charge is -2.40. The molecule has 1 aliphatic heterocycles. The Hall–Kier alpha value is -4.03. The molecule has 4 aromatic carbocycles. The summed E-state index contributed by atoms with van der Waals surface area (Å²) >= 11 is 7.14. The van der Waals surface area contributed by atoms with Gasteiger partial charge in [0.15, 0.2) is 10.2 Å². The number of piperazine rings is 1. The van der Waals surface area contributed by atoms with Gasteiger partial charge in [0.2, 0.25) is 9.84 Å². The van der Waals surface area contributed by atoms with Crippen molar-refractivity contribution in [2.24, 2.45) is 0 Å². The van der Waals surface area contributed by atoms with Crippen LogP contribution in [0.3, 0.4) is 0 Å². The maximum absolute atomic E-state index is 13.7. The quantitative estimate of drug-likeness (QED) is 0.191. The molecular weight excluding hydrogens is 619 g/mol. The Morgan fingerprint density at radius 2 is 1.32 bits per heavy atom. The summed E-state index contributed by atoms with van der Waals surface area (Å²) in [6, 6.07) is 27.8. The molecule has 0 atom stereocenters. The number of thiazole rings is 1. The van der Waals surface area contributed by atoms with Gasteiger partial charge in [-0.05, 0) is 71.9 Å². The lowest BCUT2D eigenvalue weighted by molar-refractivity contribution is 0.151. The summed E-state index contributed by atoms with van der Waals surface area (Å²) in [5.74, 6) is -0.600. The van der Waals surface area contributed by atoms with Gasteiger partial charge in [-0.1, -0.05) is 54.6 Å². The van der Waals surface area contributed by atoms with Gasteiger partial charge >= 0.3 is 0 Å². The predicted molar refractivity (Wildman–Crippen MR) is 173 cm³/mol. The second-order valence-electron chi connectivity index (χ2n) is 10.3. The lowest BCUT2D eigenvalue weighted by atomic mass is 9.96. The molecule has 1 saturated heterocycles. The fourth-order valence-electron chi connectivity index (χ4n) is 5.26. The number of anilines is 1. The van der Waals surface area contributed by atoms with Crippen LogP contribution < -0.4 is 5.32 Å². The van der Waals surface area contributed by atoms with E-state index >= 15 is 0 Å². The van der Waals surface area contributed by atoms with Crippen LogP contribution in [0.25, 0.3) is 11.3 Å². The SMILES string of the molecule is O=S(=O)(c1ccccc1)c1ccc(-c2csc(NC(=S)N3CCN(C(c4ccc(F)cc4)c4ccc(F)cc4)CC3)n2)cc1. The molecule has 5 aromatic rings. The van der Waals surface area contributed by atoms with Crippen LogP contribution in [0.5, 0.6) is 0 Å².